The van der Waals surface area contributed by atoms with Crippen molar-refractivity contribution < 1.29 is 4.92 Å². The lowest BCUT2D eigenvalue weighted by molar-refractivity contribution is -0.384. The molecule has 0 amide bonds. The summed E-state index contributed by atoms with van der Waals surface area (Å²) < 4.78 is 2.08. The largest absolute Gasteiger partial charge is 0.372 e. The van der Waals surface area contributed by atoms with Crippen LogP contribution in [-0.2, 0) is 12.3 Å². The molecule has 2 aromatic carbocycles. The molecule has 0 bridgehead atoms. The number of non-ortho nitro benzene ring substituents is 1. The van der Waals surface area contributed by atoms with Crippen LogP contribution in [0.2, 0.25) is 0 Å². The molecule has 0 fully saturated rings. The molecule has 3 rings (SSSR count). The lowest BCUT2D eigenvalue weighted by atomic mass is 10.2. The van der Waals surface area contributed by atoms with Crippen LogP contribution in [0, 0.1) is 10.1 Å². The Morgan fingerprint density at radius 3 is 2.41 bits per heavy atom. The predicted molar refractivity (Wildman–Crippen MR) is 117 cm³/mol. The Bertz CT molecular complexity index is 967. The molecular formula is C21H25N5O2S. The zero-order valence-corrected chi connectivity index (χ0v) is 17.7. The molecule has 7 nitrogen and oxygen atoms in total. The van der Waals surface area contributed by atoms with Gasteiger partial charge < -0.3 is 9.47 Å². The molecule has 3 aromatic rings. The van der Waals surface area contributed by atoms with Crippen molar-refractivity contribution in [2.45, 2.75) is 38.2 Å². The van der Waals surface area contributed by atoms with Crippen molar-refractivity contribution in [3.05, 3.63) is 64.2 Å². The number of benzene rings is 2. The second-order valence-corrected chi connectivity index (χ2v) is 7.43. The van der Waals surface area contributed by atoms with Crippen LogP contribution in [0.25, 0.3) is 11.4 Å². The number of aromatic nitrogens is 3. The molecule has 0 aliphatic heterocycles. The maximum Gasteiger partial charge on any atom is 0.269 e. The molecule has 0 aliphatic carbocycles. The fourth-order valence-corrected chi connectivity index (χ4v) is 4.16. The summed E-state index contributed by atoms with van der Waals surface area (Å²) in [5, 5.41) is 20.5. The van der Waals surface area contributed by atoms with Crippen molar-refractivity contribution in [3.8, 4) is 11.4 Å². The quantitative estimate of drug-likeness (QED) is 0.280. The maximum atomic E-state index is 11.0. The Kier molecular flexibility index (Phi) is 6.87. The number of nitro benzene ring substituents is 1. The van der Waals surface area contributed by atoms with Gasteiger partial charge in [0.1, 0.15) is 0 Å². The zero-order chi connectivity index (χ0) is 20.8. The highest BCUT2D eigenvalue weighted by molar-refractivity contribution is 7.98. The van der Waals surface area contributed by atoms with E-state index in [0.29, 0.717) is 5.75 Å². The average Bonchev–Trinajstić information content (AvgIpc) is 3.16. The van der Waals surface area contributed by atoms with Gasteiger partial charge in [0, 0.05) is 48.8 Å². The van der Waals surface area contributed by atoms with Crippen LogP contribution in [-0.4, -0.2) is 32.8 Å². The number of nitro groups is 1. The molecule has 0 aliphatic rings. The Hall–Kier alpha value is -2.87. The molecule has 1 heterocycles. The minimum absolute atomic E-state index is 0.106. The number of hydrogen-bond donors (Lipinski definition) is 0. The van der Waals surface area contributed by atoms with Crippen molar-refractivity contribution >= 4 is 23.1 Å². The molecular weight excluding hydrogens is 386 g/mol. The van der Waals surface area contributed by atoms with Gasteiger partial charge in [0.15, 0.2) is 11.0 Å². The summed E-state index contributed by atoms with van der Waals surface area (Å²) in [6.45, 7) is 9.05. The first-order valence-corrected chi connectivity index (χ1v) is 10.7. The summed E-state index contributed by atoms with van der Waals surface area (Å²) in [5.74, 6) is 1.43. The van der Waals surface area contributed by atoms with Crippen LogP contribution < -0.4 is 4.90 Å². The van der Waals surface area contributed by atoms with E-state index in [4.69, 9.17) is 0 Å². The highest BCUT2D eigenvalue weighted by Gasteiger charge is 2.14. The monoisotopic (exact) mass is 411 g/mol. The average molecular weight is 412 g/mol. The smallest absolute Gasteiger partial charge is 0.269 e. The van der Waals surface area contributed by atoms with Crippen LogP contribution >= 0.6 is 11.8 Å². The molecule has 0 atom stereocenters. The van der Waals surface area contributed by atoms with E-state index in [0.717, 1.165) is 41.7 Å². The first-order chi connectivity index (χ1) is 14.1. The Morgan fingerprint density at radius 1 is 1.07 bits per heavy atom. The molecule has 0 saturated carbocycles. The number of anilines is 1. The highest BCUT2D eigenvalue weighted by Crippen LogP contribution is 2.28. The first-order valence-electron chi connectivity index (χ1n) is 9.72. The van der Waals surface area contributed by atoms with Gasteiger partial charge >= 0.3 is 0 Å². The third kappa shape index (κ3) is 4.76. The van der Waals surface area contributed by atoms with Gasteiger partial charge in [-0.25, -0.2) is 0 Å². The molecule has 152 valence electrons. The molecule has 8 heteroatoms. The number of nitrogens with zero attached hydrogens (tertiary/aromatic N) is 5. The van der Waals surface area contributed by atoms with Crippen molar-refractivity contribution in [3.63, 3.8) is 0 Å². The normalized spacial score (nSPS) is 10.9. The van der Waals surface area contributed by atoms with Crippen molar-refractivity contribution in [1.29, 1.82) is 0 Å². The van der Waals surface area contributed by atoms with Crippen molar-refractivity contribution in [2.75, 3.05) is 18.0 Å². The van der Waals surface area contributed by atoms with Gasteiger partial charge in [-0.05, 0) is 50.6 Å². The lowest BCUT2D eigenvalue weighted by Crippen LogP contribution is -2.21. The minimum atomic E-state index is -0.372. The van der Waals surface area contributed by atoms with Crippen LogP contribution in [0.15, 0.2) is 53.7 Å². The lowest BCUT2D eigenvalue weighted by Gasteiger charge is -2.21. The van der Waals surface area contributed by atoms with Gasteiger partial charge in [0.25, 0.3) is 5.69 Å². The fraction of sp³-hybridized carbons (Fsp3) is 0.333. The van der Waals surface area contributed by atoms with E-state index in [1.54, 1.807) is 12.1 Å². The van der Waals surface area contributed by atoms with E-state index in [2.05, 4.69) is 64.7 Å². The van der Waals surface area contributed by atoms with Crippen molar-refractivity contribution in [2.24, 2.45) is 0 Å². The van der Waals surface area contributed by atoms with Gasteiger partial charge in [0.05, 0.1) is 4.92 Å². The van der Waals surface area contributed by atoms with E-state index < -0.39 is 0 Å². The van der Waals surface area contributed by atoms with Crippen LogP contribution in [0.1, 0.15) is 26.3 Å². The minimum Gasteiger partial charge on any atom is -0.372 e. The molecule has 0 unspecified atom stereocenters. The SMILES string of the molecule is CCN(CC)c1ccc(-c2nnc(SCc3cccc([N+](=O)[O-])c3)n2CC)cc1. The second kappa shape index (κ2) is 9.56. The third-order valence-electron chi connectivity index (χ3n) is 4.78. The summed E-state index contributed by atoms with van der Waals surface area (Å²) in [6, 6.07) is 15.1. The third-order valence-corrected chi connectivity index (χ3v) is 5.81. The molecule has 0 N–H and O–H groups in total. The fourth-order valence-electron chi connectivity index (χ4n) is 3.21. The molecule has 0 spiro atoms. The van der Waals surface area contributed by atoms with Gasteiger partial charge in [-0.15, -0.1) is 10.2 Å². The second-order valence-electron chi connectivity index (χ2n) is 6.49. The first kappa shape index (κ1) is 20.9. The summed E-state index contributed by atoms with van der Waals surface area (Å²) in [7, 11) is 0. The predicted octanol–water partition coefficient (Wildman–Crippen LogP) is 5.01. The zero-order valence-electron chi connectivity index (χ0n) is 16.9. The van der Waals surface area contributed by atoms with E-state index >= 15 is 0 Å². The standard InChI is InChI=1S/C21H25N5O2S/c1-4-24(5-2)18-12-10-17(11-13-18)20-22-23-21(25(20)6-3)29-15-16-8-7-9-19(14-16)26(27)28/h7-14H,4-6,15H2,1-3H3. The van der Waals surface area contributed by atoms with E-state index in [1.807, 2.05) is 6.07 Å². The summed E-state index contributed by atoms with van der Waals surface area (Å²) in [5.41, 5.74) is 3.22. The molecule has 0 radical (unpaired) electrons. The topological polar surface area (TPSA) is 77.1 Å². The molecule has 1 aromatic heterocycles. The highest BCUT2D eigenvalue weighted by atomic mass is 32.2. The number of thioether (sulfide) groups is 1. The summed E-state index contributed by atoms with van der Waals surface area (Å²) in [6.07, 6.45) is 0. The van der Waals surface area contributed by atoms with Gasteiger partial charge in [0.2, 0.25) is 0 Å². The molecule has 0 saturated heterocycles. The van der Waals surface area contributed by atoms with E-state index in [1.165, 1.54) is 23.5 Å². The summed E-state index contributed by atoms with van der Waals surface area (Å²) in [4.78, 5) is 12.9. The maximum absolute atomic E-state index is 11.0. The van der Waals surface area contributed by atoms with Gasteiger partial charge in [-0.2, -0.15) is 0 Å². The Morgan fingerprint density at radius 2 is 1.79 bits per heavy atom. The van der Waals surface area contributed by atoms with E-state index in [-0.39, 0.29) is 10.6 Å². The van der Waals surface area contributed by atoms with Crippen LogP contribution in [0.4, 0.5) is 11.4 Å². The molecule has 29 heavy (non-hydrogen) atoms. The van der Waals surface area contributed by atoms with Gasteiger partial charge in [-0.1, -0.05) is 23.9 Å². The van der Waals surface area contributed by atoms with Crippen LogP contribution in [0.5, 0.6) is 0 Å². The number of rotatable bonds is 9. The van der Waals surface area contributed by atoms with Crippen molar-refractivity contribution in [1.82, 2.24) is 14.8 Å². The van der Waals surface area contributed by atoms with E-state index in [9.17, 15) is 10.1 Å². The summed E-state index contributed by atoms with van der Waals surface area (Å²) >= 11 is 1.53. The van der Waals surface area contributed by atoms with Gasteiger partial charge in [-0.3, -0.25) is 10.1 Å². The Labute approximate surface area is 174 Å². The Balaban J connectivity index is 1.78. The number of hydrogen-bond acceptors (Lipinski definition) is 6. The van der Waals surface area contributed by atoms with Crippen LogP contribution in [0.3, 0.4) is 0 Å².